The van der Waals surface area contributed by atoms with Crippen LogP contribution < -0.4 is 0 Å². The van der Waals surface area contributed by atoms with Crippen LogP contribution in [0, 0.1) is 0 Å². The molecule has 0 heteroatoms. The Hall–Kier alpha value is -0.520. The van der Waals surface area contributed by atoms with Gasteiger partial charge in [0.05, 0.1) is 0 Å². The van der Waals surface area contributed by atoms with E-state index in [-0.39, 0.29) is 0 Å². The number of hydrogen-bond acceptors (Lipinski definition) is 0. The monoisotopic (exact) mass is 234 g/mol. The summed E-state index contributed by atoms with van der Waals surface area (Å²) < 4.78 is 0. The van der Waals surface area contributed by atoms with Crippen molar-refractivity contribution >= 4 is 0 Å². The number of rotatable bonds is 0. The quantitative estimate of drug-likeness (QED) is 0.439. The van der Waals surface area contributed by atoms with Gasteiger partial charge in [0.25, 0.3) is 0 Å². The Balaban J connectivity index is 2.13. The van der Waals surface area contributed by atoms with Crippen molar-refractivity contribution in [2.45, 2.75) is 83.5 Å². The van der Waals surface area contributed by atoms with E-state index in [1.165, 1.54) is 83.5 Å². The second-order valence-corrected chi connectivity index (χ2v) is 5.28. The molecular formula is C17H30. The predicted molar refractivity (Wildman–Crippen MR) is 78.3 cm³/mol. The van der Waals surface area contributed by atoms with Gasteiger partial charge in [-0.05, 0) is 51.4 Å². The molecule has 0 saturated heterocycles. The van der Waals surface area contributed by atoms with Crippen LogP contribution in [0.4, 0.5) is 0 Å². The second kappa shape index (κ2) is 12.0. The second-order valence-electron chi connectivity index (χ2n) is 5.28. The van der Waals surface area contributed by atoms with Crippen molar-refractivity contribution in [1.29, 1.82) is 0 Å². The summed E-state index contributed by atoms with van der Waals surface area (Å²) in [7, 11) is 0. The van der Waals surface area contributed by atoms with Gasteiger partial charge in [0.15, 0.2) is 0 Å². The Bertz CT molecular complexity index is 178. The zero-order valence-corrected chi connectivity index (χ0v) is 11.5. The van der Waals surface area contributed by atoms with Gasteiger partial charge in [-0.2, -0.15) is 0 Å². The Labute approximate surface area is 108 Å². The Kier molecular flexibility index (Phi) is 10.2. The van der Waals surface area contributed by atoms with E-state index < -0.39 is 0 Å². The van der Waals surface area contributed by atoms with Crippen LogP contribution in [0.15, 0.2) is 24.3 Å². The smallest absolute Gasteiger partial charge is 0.0351 e. The van der Waals surface area contributed by atoms with Crippen molar-refractivity contribution < 1.29 is 0 Å². The van der Waals surface area contributed by atoms with Gasteiger partial charge in [-0.15, -0.1) is 0 Å². The molecule has 1 rings (SSSR count). The fourth-order valence-corrected chi connectivity index (χ4v) is 2.40. The van der Waals surface area contributed by atoms with E-state index in [1.807, 2.05) is 0 Å². The van der Waals surface area contributed by atoms with Crippen molar-refractivity contribution in [2.75, 3.05) is 0 Å². The first-order valence-corrected chi connectivity index (χ1v) is 7.80. The minimum atomic E-state index is 1.30. The van der Waals surface area contributed by atoms with Gasteiger partial charge in [-0.3, -0.25) is 0 Å². The average molecular weight is 234 g/mol. The summed E-state index contributed by atoms with van der Waals surface area (Å²) in [6, 6.07) is 0. The molecule has 0 radical (unpaired) electrons. The highest BCUT2D eigenvalue weighted by Gasteiger charge is 1.91. The minimum absolute atomic E-state index is 1.30. The van der Waals surface area contributed by atoms with E-state index in [0.29, 0.717) is 0 Å². The maximum Gasteiger partial charge on any atom is -0.0351 e. The molecule has 0 aliphatic heterocycles. The third-order valence-electron chi connectivity index (χ3n) is 3.57. The standard InChI is InChI=1S/C17H30/c1-2-4-6-8-10-12-14-16-17-15-13-11-9-7-5-3-1/h1-2,15,17H,3-14,16H2. The SMILES string of the molecule is C1=CCCCCCCCC=CCCCCCC1. The maximum absolute atomic E-state index is 2.40. The summed E-state index contributed by atoms with van der Waals surface area (Å²) in [5.74, 6) is 0. The molecule has 0 bridgehead atoms. The van der Waals surface area contributed by atoms with Gasteiger partial charge in [-0.25, -0.2) is 0 Å². The molecule has 1 aliphatic carbocycles. The highest BCUT2D eigenvalue weighted by atomic mass is 14.0. The first kappa shape index (κ1) is 14.5. The van der Waals surface area contributed by atoms with Gasteiger partial charge in [0, 0.05) is 0 Å². The molecule has 0 aromatic heterocycles. The summed E-state index contributed by atoms with van der Waals surface area (Å²) in [4.78, 5) is 0. The van der Waals surface area contributed by atoms with Gasteiger partial charge in [-0.1, -0.05) is 56.4 Å². The molecule has 0 saturated carbocycles. The van der Waals surface area contributed by atoms with Crippen LogP contribution in [-0.2, 0) is 0 Å². The molecule has 0 spiro atoms. The first-order valence-electron chi connectivity index (χ1n) is 7.80. The molecule has 0 unspecified atom stereocenters. The molecule has 0 atom stereocenters. The van der Waals surface area contributed by atoms with E-state index in [4.69, 9.17) is 0 Å². The van der Waals surface area contributed by atoms with Crippen molar-refractivity contribution in [3.05, 3.63) is 24.3 Å². The molecule has 1 aliphatic rings. The summed E-state index contributed by atoms with van der Waals surface area (Å²) in [5.41, 5.74) is 0. The van der Waals surface area contributed by atoms with Gasteiger partial charge in [0.1, 0.15) is 0 Å². The molecular weight excluding hydrogens is 204 g/mol. The van der Waals surface area contributed by atoms with Crippen LogP contribution in [0.25, 0.3) is 0 Å². The lowest BCUT2D eigenvalue weighted by molar-refractivity contribution is 0.621. The Morgan fingerprint density at radius 3 is 0.824 bits per heavy atom. The molecule has 98 valence electrons. The van der Waals surface area contributed by atoms with Crippen molar-refractivity contribution in [3.8, 4) is 0 Å². The van der Waals surface area contributed by atoms with E-state index in [2.05, 4.69) is 24.3 Å². The third-order valence-corrected chi connectivity index (χ3v) is 3.57. The fraction of sp³-hybridized carbons (Fsp3) is 0.765. The molecule has 0 nitrogen and oxygen atoms in total. The molecule has 0 aromatic carbocycles. The third kappa shape index (κ3) is 10.4. The van der Waals surface area contributed by atoms with Crippen LogP contribution in [0.1, 0.15) is 83.5 Å². The topological polar surface area (TPSA) is 0 Å². The van der Waals surface area contributed by atoms with Crippen LogP contribution >= 0.6 is 0 Å². The van der Waals surface area contributed by atoms with E-state index in [9.17, 15) is 0 Å². The molecule has 0 amide bonds. The Morgan fingerprint density at radius 2 is 0.529 bits per heavy atom. The zero-order valence-electron chi connectivity index (χ0n) is 11.5. The fourth-order valence-electron chi connectivity index (χ4n) is 2.40. The normalized spacial score (nSPS) is 22.1. The van der Waals surface area contributed by atoms with Crippen LogP contribution in [0.3, 0.4) is 0 Å². The molecule has 17 heavy (non-hydrogen) atoms. The minimum Gasteiger partial charge on any atom is -0.0885 e. The lowest BCUT2D eigenvalue weighted by atomic mass is 10.1. The summed E-state index contributed by atoms with van der Waals surface area (Å²) in [6.07, 6.45) is 27.5. The van der Waals surface area contributed by atoms with Crippen molar-refractivity contribution in [3.63, 3.8) is 0 Å². The van der Waals surface area contributed by atoms with Crippen LogP contribution in [-0.4, -0.2) is 0 Å². The predicted octanol–water partition coefficient (Wildman–Crippen LogP) is 6.18. The number of hydrogen-bond donors (Lipinski definition) is 0. The van der Waals surface area contributed by atoms with Crippen LogP contribution in [0.5, 0.6) is 0 Å². The summed E-state index contributed by atoms with van der Waals surface area (Å²) in [5, 5.41) is 0. The van der Waals surface area contributed by atoms with E-state index >= 15 is 0 Å². The number of allylic oxidation sites excluding steroid dienone is 4. The Morgan fingerprint density at radius 1 is 0.294 bits per heavy atom. The molecule has 0 fully saturated rings. The van der Waals surface area contributed by atoms with Crippen molar-refractivity contribution in [1.82, 2.24) is 0 Å². The molecule has 0 heterocycles. The van der Waals surface area contributed by atoms with Gasteiger partial charge < -0.3 is 0 Å². The largest absolute Gasteiger partial charge is 0.0885 e. The van der Waals surface area contributed by atoms with E-state index in [0.717, 1.165) is 0 Å². The maximum atomic E-state index is 2.40. The molecule has 0 N–H and O–H groups in total. The van der Waals surface area contributed by atoms with Crippen LogP contribution in [0.2, 0.25) is 0 Å². The summed E-state index contributed by atoms with van der Waals surface area (Å²) in [6.45, 7) is 0. The lowest BCUT2D eigenvalue weighted by Gasteiger charge is -1.98. The van der Waals surface area contributed by atoms with Gasteiger partial charge in [0.2, 0.25) is 0 Å². The first-order chi connectivity index (χ1) is 8.50. The summed E-state index contributed by atoms with van der Waals surface area (Å²) >= 11 is 0. The molecule has 0 aromatic rings. The highest BCUT2D eigenvalue weighted by molar-refractivity contribution is 4.83. The average Bonchev–Trinajstić information content (AvgIpc) is 2.35. The highest BCUT2D eigenvalue weighted by Crippen LogP contribution is 2.11. The zero-order chi connectivity index (χ0) is 12.0. The van der Waals surface area contributed by atoms with Crippen molar-refractivity contribution in [2.24, 2.45) is 0 Å². The van der Waals surface area contributed by atoms with E-state index in [1.54, 1.807) is 0 Å². The van der Waals surface area contributed by atoms with Gasteiger partial charge >= 0.3 is 0 Å². The lowest BCUT2D eigenvalue weighted by Crippen LogP contribution is -1.78.